The summed E-state index contributed by atoms with van der Waals surface area (Å²) in [4.78, 5) is 12.1. The van der Waals surface area contributed by atoms with Gasteiger partial charge in [-0.2, -0.15) is 0 Å². The summed E-state index contributed by atoms with van der Waals surface area (Å²) >= 11 is 0. The second-order valence-corrected chi connectivity index (χ2v) is 5.39. The van der Waals surface area contributed by atoms with Crippen molar-refractivity contribution < 1.29 is 5.11 Å². The van der Waals surface area contributed by atoms with Gasteiger partial charge in [0.1, 0.15) is 11.6 Å². The van der Waals surface area contributed by atoms with Crippen LogP contribution in [0, 0.1) is 0 Å². The Morgan fingerprint density at radius 2 is 2.25 bits per heavy atom. The molecule has 24 heavy (non-hydrogen) atoms. The van der Waals surface area contributed by atoms with Crippen molar-refractivity contribution in [2.45, 2.75) is 39.5 Å². The molecule has 0 bridgehead atoms. The topological polar surface area (TPSA) is 61.8 Å². The van der Waals surface area contributed by atoms with Crippen molar-refractivity contribution >= 4 is 16.9 Å². The van der Waals surface area contributed by atoms with Crippen molar-refractivity contribution in [2.75, 3.05) is 0 Å². The molecule has 1 aliphatic carbocycles. The lowest BCUT2D eigenvalue weighted by atomic mass is 10.1. The highest BCUT2D eigenvalue weighted by atomic mass is 16.3. The molecule has 0 spiro atoms. The molecule has 4 nitrogen and oxygen atoms in total. The fourth-order valence-corrected chi connectivity index (χ4v) is 2.57. The molecule has 2 aromatic rings. The fraction of sp³-hybridized carbons (Fsp3) is 0.300. The second-order valence-electron chi connectivity index (χ2n) is 5.39. The van der Waals surface area contributed by atoms with Gasteiger partial charge in [0.05, 0.1) is 5.52 Å². The number of H-pyrrole nitrogens is 1. The van der Waals surface area contributed by atoms with E-state index in [1.165, 1.54) is 12.0 Å². The number of hydrogen-bond acceptors (Lipinski definition) is 3. The summed E-state index contributed by atoms with van der Waals surface area (Å²) in [7, 11) is 0. The number of aliphatic hydroxyl groups is 1. The zero-order chi connectivity index (χ0) is 17.4. The Bertz CT molecular complexity index is 781. The summed E-state index contributed by atoms with van der Waals surface area (Å²) in [6, 6.07) is 1.86. The van der Waals surface area contributed by atoms with Gasteiger partial charge in [0, 0.05) is 18.2 Å². The van der Waals surface area contributed by atoms with Gasteiger partial charge in [-0.15, -0.1) is 0 Å². The molecule has 0 aliphatic heterocycles. The van der Waals surface area contributed by atoms with E-state index in [1.54, 1.807) is 18.3 Å². The third-order valence-corrected chi connectivity index (χ3v) is 3.69. The molecule has 0 saturated heterocycles. The minimum atomic E-state index is 0.150. The molecule has 2 N–H and O–H groups in total. The van der Waals surface area contributed by atoms with E-state index in [0.717, 1.165) is 30.6 Å². The van der Waals surface area contributed by atoms with Crippen LogP contribution in [0.15, 0.2) is 54.8 Å². The Kier molecular flexibility index (Phi) is 6.55. The maximum Gasteiger partial charge on any atom is 0.177 e. The summed E-state index contributed by atoms with van der Waals surface area (Å²) < 4.78 is 0. The van der Waals surface area contributed by atoms with Crippen molar-refractivity contribution in [1.29, 1.82) is 0 Å². The number of imidazole rings is 1. The molecule has 0 unspecified atom stereocenters. The van der Waals surface area contributed by atoms with E-state index in [2.05, 4.69) is 39.8 Å². The molecule has 126 valence electrons. The number of nitrogens with one attached hydrogen (secondary N) is 1. The molecule has 0 fully saturated rings. The van der Waals surface area contributed by atoms with Crippen molar-refractivity contribution in [3.05, 3.63) is 66.2 Å². The molecule has 2 heterocycles. The smallest absolute Gasteiger partial charge is 0.177 e. The SMILES string of the molecule is C=C/C=C(\O)c1cnc2nc(CC3=CC=CCCC3)[nH]c2c1.CC. The number of aromatic nitrogens is 3. The minimum Gasteiger partial charge on any atom is -0.507 e. The van der Waals surface area contributed by atoms with Gasteiger partial charge < -0.3 is 10.1 Å². The lowest BCUT2D eigenvalue weighted by molar-refractivity contribution is 0.511. The Morgan fingerprint density at radius 3 is 3.04 bits per heavy atom. The highest BCUT2D eigenvalue weighted by Crippen LogP contribution is 2.20. The van der Waals surface area contributed by atoms with E-state index in [9.17, 15) is 5.11 Å². The van der Waals surface area contributed by atoms with Crippen LogP contribution >= 0.6 is 0 Å². The van der Waals surface area contributed by atoms with Crippen molar-refractivity contribution in [2.24, 2.45) is 0 Å². The molecule has 0 atom stereocenters. The molecule has 0 radical (unpaired) electrons. The number of aliphatic hydroxyl groups excluding tert-OH is 1. The third-order valence-electron chi connectivity index (χ3n) is 3.69. The Hall–Kier alpha value is -2.62. The first-order valence-electron chi connectivity index (χ1n) is 8.47. The quantitative estimate of drug-likeness (QED) is 0.594. The van der Waals surface area contributed by atoms with Gasteiger partial charge in [-0.1, -0.05) is 50.3 Å². The molecular weight excluding hydrogens is 298 g/mol. The van der Waals surface area contributed by atoms with Gasteiger partial charge >= 0.3 is 0 Å². The van der Waals surface area contributed by atoms with Crippen LogP contribution in [0.2, 0.25) is 0 Å². The lowest BCUT2D eigenvalue weighted by Crippen LogP contribution is -1.92. The summed E-state index contributed by atoms with van der Waals surface area (Å²) in [6.45, 7) is 7.58. The highest BCUT2D eigenvalue weighted by Gasteiger charge is 2.09. The average Bonchev–Trinajstić information content (AvgIpc) is 2.82. The molecule has 0 saturated carbocycles. The molecule has 0 aromatic carbocycles. The molecular formula is C20H25N3O. The zero-order valence-corrected chi connectivity index (χ0v) is 14.4. The van der Waals surface area contributed by atoms with Crippen LogP contribution in [0.25, 0.3) is 16.9 Å². The lowest BCUT2D eigenvalue weighted by Gasteiger charge is -2.01. The standard InChI is InChI=1S/C18H19N3O.C2H6/c1-2-7-16(22)14-11-15-18(19-12-14)21-17(20-15)10-13-8-5-3-4-6-9-13;1-2/h2-3,5,7-8,11-12,22H,1,4,6,9-10H2,(H,19,20,21);1-2H3/b16-7-;. The van der Waals surface area contributed by atoms with Crippen LogP contribution in [0.3, 0.4) is 0 Å². The van der Waals surface area contributed by atoms with Gasteiger partial charge in [-0.3, -0.25) is 0 Å². The van der Waals surface area contributed by atoms with Crippen molar-refractivity contribution in [3.8, 4) is 0 Å². The van der Waals surface area contributed by atoms with Crippen LogP contribution in [0.1, 0.15) is 44.5 Å². The molecule has 2 aromatic heterocycles. The number of allylic oxidation sites excluding steroid dienone is 6. The maximum absolute atomic E-state index is 9.88. The Labute approximate surface area is 143 Å². The molecule has 1 aliphatic rings. The summed E-state index contributed by atoms with van der Waals surface area (Å²) in [6.07, 6.45) is 15.5. The highest BCUT2D eigenvalue weighted by molar-refractivity contribution is 5.75. The van der Waals surface area contributed by atoms with Crippen LogP contribution < -0.4 is 0 Å². The first-order valence-corrected chi connectivity index (χ1v) is 8.47. The van der Waals surface area contributed by atoms with E-state index in [-0.39, 0.29) is 5.76 Å². The first kappa shape index (κ1) is 17.7. The van der Waals surface area contributed by atoms with Crippen molar-refractivity contribution in [1.82, 2.24) is 15.0 Å². The number of aromatic amines is 1. The van der Waals surface area contributed by atoms with Crippen molar-refractivity contribution in [3.63, 3.8) is 0 Å². The van der Waals surface area contributed by atoms with Gasteiger partial charge in [-0.05, 0) is 31.4 Å². The first-order chi connectivity index (χ1) is 11.8. The number of rotatable bonds is 4. The largest absolute Gasteiger partial charge is 0.507 e. The summed E-state index contributed by atoms with van der Waals surface area (Å²) in [5, 5.41) is 9.88. The predicted molar refractivity (Wildman–Crippen MR) is 101 cm³/mol. The summed E-state index contributed by atoms with van der Waals surface area (Å²) in [5.74, 6) is 1.06. The monoisotopic (exact) mass is 323 g/mol. The van der Waals surface area contributed by atoms with Gasteiger partial charge in [0.25, 0.3) is 0 Å². The second kappa shape index (κ2) is 8.87. The van der Waals surface area contributed by atoms with Gasteiger partial charge in [-0.25, -0.2) is 9.97 Å². The molecule has 3 rings (SSSR count). The number of hydrogen-bond donors (Lipinski definition) is 2. The van der Waals surface area contributed by atoms with Crippen LogP contribution in [-0.4, -0.2) is 20.1 Å². The summed E-state index contributed by atoms with van der Waals surface area (Å²) in [5.41, 5.74) is 3.54. The molecule has 4 heteroatoms. The Morgan fingerprint density at radius 1 is 1.42 bits per heavy atom. The number of nitrogens with zero attached hydrogens (tertiary/aromatic N) is 2. The molecule has 0 amide bonds. The van der Waals surface area contributed by atoms with Crippen LogP contribution in [0.5, 0.6) is 0 Å². The van der Waals surface area contributed by atoms with E-state index >= 15 is 0 Å². The zero-order valence-electron chi connectivity index (χ0n) is 14.4. The van der Waals surface area contributed by atoms with E-state index in [4.69, 9.17) is 0 Å². The number of fused-ring (bicyclic) bond motifs is 1. The third kappa shape index (κ3) is 4.44. The fourth-order valence-electron chi connectivity index (χ4n) is 2.57. The van der Waals surface area contributed by atoms with E-state index in [0.29, 0.717) is 11.2 Å². The van der Waals surface area contributed by atoms with Crippen LogP contribution in [0.4, 0.5) is 0 Å². The Balaban J connectivity index is 0.00000100. The maximum atomic E-state index is 9.88. The van der Waals surface area contributed by atoms with Gasteiger partial charge in [0.2, 0.25) is 0 Å². The predicted octanol–water partition coefficient (Wildman–Crippen LogP) is 5.28. The van der Waals surface area contributed by atoms with Gasteiger partial charge in [0.15, 0.2) is 5.65 Å². The minimum absolute atomic E-state index is 0.150. The number of pyridine rings is 1. The van der Waals surface area contributed by atoms with E-state index in [1.807, 2.05) is 19.9 Å². The van der Waals surface area contributed by atoms with Crippen LogP contribution in [-0.2, 0) is 6.42 Å². The normalized spacial score (nSPS) is 14.6. The average molecular weight is 323 g/mol. The van der Waals surface area contributed by atoms with E-state index < -0.39 is 0 Å².